The van der Waals surface area contributed by atoms with Crippen LogP contribution in [0.3, 0.4) is 0 Å². The second kappa shape index (κ2) is 5.68. The average molecular weight is 290 g/mol. The van der Waals surface area contributed by atoms with Crippen LogP contribution in [0.4, 0.5) is 23.7 Å². The predicted molar refractivity (Wildman–Crippen MR) is 66.7 cm³/mol. The maximum atomic E-state index is 12.6. The van der Waals surface area contributed by atoms with Gasteiger partial charge in [-0.2, -0.15) is 13.2 Å². The van der Waals surface area contributed by atoms with Gasteiger partial charge < -0.3 is 21.2 Å². The zero-order valence-electron chi connectivity index (χ0n) is 10.7. The fourth-order valence-electron chi connectivity index (χ4n) is 1.32. The number of alkyl halides is 3. The van der Waals surface area contributed by atoms with E-state index in [1.807, 2.05) is 0 Å². The molecule has 0 heterocycles. The molecular weight excluding hydrogens is 277 g/mol. The summed E-state index contributed by atoms with van der Waals surface area (Å²) in [5.74, 6) is -0.537. The zero-order chi connectivity index (χ0) is 15.5. The Kier molecular flexibility index (Phi) is 4.43. The Hall–Kier alpha value is -2.45. The first-order valence-electron chi connectivity index (χ1n) is 5.34. The first kappa shape index (κ1) is 15.6. The van der Waals surface area contributed by atoms with Gasteiger partial charge in [-0.15, -0.1) is 0 Å². The predicted octanol–water partition coefficient (Wildman–Crippen LogP) is 1.89. The van der Waals surface area contributed by atoms with E-state index < -0.39 is 23.6 Å². The van der Waals surface area contributed by atoms with Gasteiger partial charge in [-0.05, 0) is 18.2 Å². The Morgan fingerprint density at radius 2 is 2.00 bits per heavy atom. The minimum absolute atomic E-state index is 0.00648. The van der Waals surface area contributed by atoms with Crippen LogP contribution in [-0.2, 0) is 6.18 Å². The molecule has 0 aromatic heterocycles. The number of oxime groups is 1. The maximum Gasteiger partial charge on any atom is 0.416 e. The molecule has 0 aliphatic heterocycles. The number of urea groups is 1. The summed E-state index contributed by atoms with van der Waals surface area (Å²) in [5, 5.41) is 13.6. The molecule has 20 heavy (non-hydrogen) atoms. The van der Waals surface area contributed by atoms with Gasteiger partial charge in [0.2, 0.25) is 0 Å². The number of amides is 2. The van der Waals surface area contributed by atoms with Crippen LogP contribution in [0, 0.1) is 0 Å². The number of halogens is 3. The number of nitrogens with one attached hydrogen (secondary N) is 1. The third-order valence-corrected chi connectivity index (χ3v) is 2.38. The fraction of sp³-hybridized carbons (Fsp3) is 0.273. The van der Waals surface area contributed by atoms with E-state index in [1.165, 1.54) is 19.0 Å². The third-order valence-electron chi connectivity index (χ3n) is 2.38. The smallest absolute Gasteiger partial charge is 0.409 e. The summed E-state index contributed by atoms with van der Waals surface area (Å²) < 4.78 is 37.9. The molecule has 0 atom stereocenters. The van der Waals surface area contributed by atoms with E-state index in [2.05, 4.69) is 10.5 Å². The number of carbonyl (C=O) groups excluding carboxylic acids is 1. The van der Waals surface area contributed by atoms with Crippen LogP contribution in [0.2, 0.25) is 0 Å². The van der Waals surface area contributed by atoms with Crippen molar-refractivity contribution in [1.82, 2.24) is 4.90 Å². The lowest BCUT2D eigenvalue weighted by Crippen LogP contribution is -2.29. The van der Waals surface area contributed by atoms with Crippen molar-refractivity contribution in [2.75, 3.05) is 19.4 Å². The summed E-state index contributed by atoms with van der Waals surface area (Å²) >= 11 is 0. The highest BCUT2D eigenvalue weighted by Crippen LogP contribution is 2.31. The maximum absolute atomic E-state index is 12.6. The van der Waals surface area contributed by atoms with Crippen LogP contribution in [0.15, 0.2) is 23.4 Å². The van der Waals surface area contributed by atoms with Crippen molar-refractivity contribution < 1.29 is 23.2 Å². The first-order chi connectivity index (χ1) is 9.16. The topological polar surface area (TPSA) is 91.0 Å². The summed E-state index contributed by atoms with van der Waals surface area (Å²) in [6, 6.07) is 1.97. The highest BCUT2D eigenvalue weighted by molar-refractivity contribution is 6.05. The van der Waals surface area contributed by atoms with E-state index in [1.54, 1.807) is 0 Å². The Bertz CT molecular complexity index is 541. The lowest BCUT2D eigenvalue weighted by molar-refractivity contribution is -0.137. The molecule has 6 nitrogen and oxygen atoms in total. The second-order valence-electron chi connectivity index (χ2n) is 4.07. The summed E-state index contributed by atoms with van der Waals surface area (Å²) in [6.07, 6.45) is -4.57. The molecule has 1 aromatic carbocycles. The van der Waals surface area contributed by atoms with E-state index in [-0.39, 0.29) is 11.3 Å². The number of anilines is 1. The highest BCUT2D eigenvalue weighted by Gasteiger charge is 2.31. The number of nitrogens with two attached hydrogens (primary N) is 1. The molecule has 0 saturated carbocycles. The van der Waals surface area contributed by atoms with Crippen LogP contribution in [-0.4, -0.2) is 36.1 Å². The molecule has 0 aliphatic carbocycles. The summed E-state index contributed by atoms with van der Waals surface area (Å²) in [5.41, 5.74) is 4.14. The Morgan fingerprint density at radius 1 is 1.40 bits per heavy atom. The Labute approximate surface area is 112 Å². The number of nitrogens with zero attached hydrogens (tertiary/aromatic N) is 2. The molecule has 4 N–H and O–H groups in total. The minimum Gasteiger partial charge on any atom is -0.409 e. The molecule has 0 bridgehead atoms. The highest BCUT2D eigenvalue weighted by atomic mass is 19.4. The van der Waals surface area contributed by atoms with E-state index in [0.717, 1.165) is 12.1 Å². The van der Waals surface area contributed by atoms with Crippen molar-refractivity contribution in [2.24, 2.45) is 10.9 Å². The standard InChI is InChI=1S/C11H13F3N4O2/c1-18(2)10(19)16-8-4-3-6(11(12,13)14)5-7(8)9(15)17-20/h3-5,20H,1-2H3,(H2,15,17)(H,16,19). The van der Waals surface area contributed by atoms with Gasteiger partial charge in [0, 0.05) is 19.7 Å². The van der Waals surface area contributed by atoms with Crippen LogP contribution in [0.1, 0.15) is 11.1 Å². The van der Waals surface area contributed by atoms with Gasteiger partial charge in [0.15, 0.2) is 5.84 Å². The van der Waals surface area contributed by atoms with Crippen LogP contribution in [0.25, 0.3) is 0 Å². The molecule has 0 unspecified atom stereocenters. The van der Waals surface area contributed by atoms with Gasteiger partial charge in [-0.25, -0.2) is 4.79 Å². The van der Waals surface area contributed by atoms with Gasteiger partial charge >= 0.3 is 12.2 Å². The van der Waals surface area contributed by atoms with Crippen molar-refractivity contribution in [2.45, 2.75) is 6.18 Å². The number of hydrogen-bond acceptors (Lipinski definition) is 3. The monoisotopic (exact) mass is 290 g/mol. The van der Waals surface area contributed by atoms with Crippen LogP contribution < -0.4 is 11.1 Å². The average Bonchev–Trinajstić information content (AvgIpc) is 2.36. The lowest BCUT2D eigenvalue weighted by Gasteiger charge is -2.16. The van der Waals surface area contributed by atoms with E-state index in [9.17, 15) is 18.0 Å². The second-order valence-corrected chi connectivity index (χ2v) is 4.07. The number of benzene rings is 1. The lowest BCUT2D eigenvalue weighted by atomic mass is 10.1. The number of hydrogen-bond donors (Lipinski definition) is 3. The van der Waals surface area contributed by atoms with E-state index in [4.69, 9.17) is 10.9 Å². The van der Waals surface area contributed by atoms with Crippen molar-refractivity contribution in [3.8, 4) is 0 Å². The fourth-order valence-corrected chi connectivity index (χ4v) is 1.32. The number of amidine groups is 1. The van der Waals surface area contributed by atoms with Gasteiger partial charge in [0.05, 0.1) is 11.3 Å². The molecule has 110 valence electrons. The Balaban J connectivity index is 3.28. The molecule has 0 spiro atoms. The van der Waals surface area contributed by atoms with Gasteiger partial charge in [0.1, 0.15) is 0 Å². The van der Waals surface area contributed by atoms with Crippen molar-refractivity contribution >= 4 is 17.6 Å². The van der Waals surface area contributed by atoms with Crippen molar-refractivity contribution in [1.29, 1.82) is 0 Å². The molecule has 9 heteroatoms. The minimum atomic E-state index is -4.57. The molecule has 1 aromatic rings. The third kappa shape index (κ3) is 3.53. The summed E-state index contributed by atoms with van der Waals surface area (Å²) in [7, 11) is 2.92. The first-order valence-corrected chi connectivity index (χ1v) is 5.34. The van der Waals surface area contributed by atoms with Crippen LogP contribution in [0.5, 0.6) is 0 Å². The SMILES string of the molecule is CN(C)C(=O)Nc1ccc(C(F)(F)F)cc1/C(N)=N/O. The molecule has 2 amide bonds. The van der Waals surface area contributed by atoms with Crippen molar-refractivity contribution in [3.05, 3.63) is 29.3 Å². The molecule has 0 radical (unpaired) electrons. The van der Waals surface area contributed by atoms with Gasteiger partial charge in [-0.3, -0.25) is 0 Å². The molecule has 0 saturated heterocycles. The van der Waals surface area contributed by atoms with Gasteiger partial charge in [-0.1, -0.05) is 5.16 Å². The quantitative estimate of drug-likeness (QED) is 0.336. The molecule has 0 aliphatic rings. The summed E-state index contributed by atoms with van der Waals surface area (Å²) in [6.45, 7) is 0. The van der Waals surface area contributed by atoms with Crippen molar-refractivity contribution in [3.63, 3.8) is 0 Å². The molecule has 1 rings (SSSR count). The molecular formula is C11H13F3N4O2. The van der Waals surface area contributed by atoms with E-state index in [0.29, 0.717) is 6.07 Å². The largest absolute Gasteiger partial charge is 0.416 e. The normalized spacial score (nSPS) is 12.2. The zero-order valence-corrected chi connectivity index (χ0v) is 10.7. The molecule has 0 fully saturated rings. The Morgan fingerprint density at radius 3 is 2.45 bits per heavy atom. The number of rotatable bonds is 2. The van der Waals surface area contributed by atoms with Crippen LogP contribution >= 0.6 is 0 Å². The number of carbonyl (C=O) groups is 1. The summed E-state index contributed by atoms with van der Waals surface area (Å²) in [4.78, 5) is 12.7. The van der Waals surface area contributed by atoms with E-state index >= 15 is 0 Å². The van der Waals surface area contributed by atoms with Gasteiger partial charge in [0.25, 0.3) is 0 Å².